The third-order valence-corrected chi connectivity index (χ3v) is 4.75. The molecule has 4 heteroatoms. The topological polar surface area (TPSA) is 38.3 Å². The molecule has 2 rings (SSSR count). The number of nitrogens with one attached hydrogen (secondary N) is 1. The summed E-state index contributed by atoms with van der Waals surface area (Å²) in [4.78, 5) is 12.1. The van der Waals surface area contributed by atoms with E-state index < -0.39 is 0 Å². The molecule has 1 saturated heterocycles. The summed E-state index contributed by atoms with van der Waals surface area (Å²) in [6, 6.07) is 0. The zero-order valence-corrected chi connectivity index (χ0v) is 11.2. The molecule has 1 unspecified atom stereocenters. The average molecular weight is 290 g/mol. The summed E-state index contributed by atoms with van der Waals surface area (Å²) in [6.45, 7) is 0.736. The van der Waals surface area contributed by atoms with Crippen LogP contribution in [0.5, 0.6) is 0 Å². The van der Waals surface area contributed by atoms with E-state index in [-0.39, 0.29) is 17.6 Å². The van der Waals surface area contributed by atoms with Crippen LogP contribution in [0.2, 0.25) is 0 Å². The van der Waals surface area contributed by atoms with Crippen LogP contribution in [0.1, 0.15) is 44.9 Å². The molecule has 1 aliphatic heterocycles. The summed E-state index contributed by atoms with van der Waals surface area (Å²) >= 11 is 3.53. The van der Waals surface area contributed by atoms with Gasteiger partial charge >= 0.3 is 0 Å². The normalized spacial score (nSPS) is 28.9. The van der Waals surface area contributed by atoms with Gasteiger partial charge in [0.05, 0.1) is 0 Å². The Morgan fingerprint density at radius 2 is 2.06 bits per heavy atom. The molecule has 0 aromatic rings. The quantitative estimate of drug-likeness (QED) is 0.810. The lowest BCUT2D eigenvalue weighted by molar-refractivity contribution is -0.137. The van der Waals surface area contributed by atoms with E-state index >= 15 is 0 Å². The van der Waals surface area contributed by atoms with Crippen LogP contribution in [-0.4, -0.2) is 29.5 Å². The predicted molar refractivity (Wildman–Crippen MR) is 66.7 cm³/mol. The van der Waals surface area contributed by atoms with E-state index in [9.17, 15) is 4.79 Å². The fraction of sp³-hybridized carbons (Fsp3) is 0.917. The van der Waals surface area contributed by atoms with Gasteiger partial charge in [-0.05, 0) is 32.1 Å². The maximum atomic E-state index is 12.1. The number of alkyl halides is 1. The van der Waals surface area contributed by atoms with Crippen LogP contribution in [0.25, 0.3) is 0 Å². The Morgan fingerprint density at radius 3 is 2.62 bits per heavy atom. The lowest BCUT2D eigenvalue weighted by Crippen LogP contribution is -2.52. The van der Waals surface area contributed by atoms with Crippen LogP contribution in [0.15, 0.2) is 0 Å². The number of halogens is 1. The largest absolute Gasteiger partial charge is 0.368 e. The minimum absolute atomic E-state index is 0.00209. The lowest BCUT2D eigenvalue weighted by atomic mass is 9.99. The number of carbonyl (C=O) groups excluding carboxylic acids is 1. The van der Waals surface area contributed by atoms with E-state index in [1.807, 2.05) is 0 Å². The highest BCUT2D eigenvalue weighted by Gasteiger charge is 2.36. The summed E-state index contributed by atoms with van der Waals surface area (Å²) in [5.74, 6) is 0.0982. The number of ether oxygens (including phenoxy) is 1. The number of rotatable bonds is 3. The molecule has 0 aromatic heterocycles. The Balaban J connectivity index is 1.89. The molecule has 1 N–H and O–H groups in total. The fourth-order valence-corrected chi connectivity index (χ4v) is 3.33. The third kappa shape index (κ3) is 2.77. The molecule has 1 amide bonds. The third-order valence-electron chi connectivity index (χ3n) is 3.68. The molecule has 0 aromatic carbocycles. The summed E-state index contributed by atoms with van der Waals surface area (Å²) in [6.07, 6.45) is 7.50. The summed E-state index contributed by atoms with van der Waals surface area (Å²) in [7, 11) is 0. The zero-order valence-electron chi connectivity index (χ0n) is 9.64. The number of hydrogen-bond donors (Lipinski definition) is 1. The molecule has 2 fully saturated rings. The molecule has 3 nitrogen and oxygen atoms in total. The zero-order chi connectivity index (χ0) is 11.4. The first-order valence-corrected chi connectivity index (χ1v) is 7.37. The van der Waals surface area contributed by atoms with Crippen molar-refractivity contribution < 1.29 is 9.53 Å². The van der Waals surface area contributed by atoms with Crippen LogP contribution in [0, 0.1) is 0 Å². The van der Waals surface area contributed by atoms with Crippen molar-refractivity contribution >= 4 is 21.8 Å². The van der Waals surface area contributed by atoms with Gasteiger partial charge in [-0.1, -0.05) is 28.8 Å². The molecule has 0 bridgehead atoms. The molecule has 16 heavy (non-hydrogen) atoms. The minimum Gasteiger partial charge on any atom is -0.368 e. The van der Waals surface area contributed by atoms with Crippen LogP contribution >= 0.6 is 15.9 Å². The van der Waals surface area contributed by atoms with Gasteiger partial charge in [-0.2, -0.15) is 0 Å². The van der Waals surface area contributed by atoms with E-state index in [1.165, 1.54) is 12.8 Å². The Morgan fingerprint density at radius 1 is 1.31 bits per heavy atom. The number of amides is 1. The van der Waals surface area contributed by atoms with E-state index in [4.69, 9.17) is 4.74 Å². The highest BCUT2D eigenvalue weighted by Crippen LogP contribution is 2.31. The van der Waals surface area contributed by atoms with Crippen LogP contribution in [0.4, 0.5) is 0 Å². The molecule has 0 radical (unpaired) electrons. The van der Waals surface area contributed by atoms with E-state index in [0.29, 0.717) is 0 Å². The monoisotopic (exact) mass is 289 g/mol. The second-order valence-corrected chi connectivity index (χ2v) is 5.53. The van der Waals surface area contributed by atoms with Crippen molar-refractivity contribution in [1.29, 1.82) is 0 Å². The number of carbonyl (C=O) groups is 1. The van der Waals surface area contributed by atoms with Crippen molar-refractivity contribution in [3.05, 3.63) is 0 Å². The maximum Gasteiger partial charge on any atom is 0.249 e. The van der Waals surface area contributed by atoms with Gasteiger partial charge in [0.25, 0.3) is 0 Å². The predicted octanol–water partition coefficient (Wildman–Crippen LogP) is 2.38. The van der Waals surface area contributed by atoms with Crippen LogP contribution < -0.4 is 5.32 Å². The van der Waals surface area contributed by atoms with Crippen molar-refractivity contribution in [2.45, 2.75) is 56.6 Å². The minimum atomic E-state index is -0.203. The van der Waals surface area contributed by atoms with Gasteiger partial charge in [-0.3, -0.25) is 4.79 Å². The molecular formula is C12H20BrNO2. The van der Waals surface area contributed by atoms with Crippen LogP contribution in [0.3, 0.4) is 0 Å². The summed E-state index contributed by atoms with van der Waals surface area (Å²) in [5, 5.41) is 4.06. The molecule has 0 spiro atoms. The summed E-state index contributed by atoms with van der Waals surface area (Å²) < 4.78 is 5.51. The van der Waals surface area contributed by atoms with Gasteiger partial charge in [0.1, 0.15) is 6.10 Å². The van der Waals surface area contributed by atoms with Crippen molar-refractivity contribution in [2.24, 2.45) is 0 Å². The van der Waals surface area contributed by atoms with E-state index in [2.05, 4.69) is 21.2 Å². The van der Waals surface area contributed by atoms with Crippen molar-refractivity contribution in [3.63, 3.8) is 0 Å². The second kappa shape index (κ2) is 5.50. The van der Waals surface area contributed by atoms with Crippen LogP contribution in [-0.2, 0) is 9.53 Å². The fourth-order valence-electron chi connectivity index (χ4n) is 2.63. The molecule has 92 valence electrons. The Hall–Kier alpha value is -0.0900. The maximum absolute atomic E-state index is 12.1. The molecule has 1 atom stereocenters. The van der Waals surface area contributed by atoms with Crippen molar-refractivity contribution in [2.75, 3.05) is 11.9 Å². The van der Waals surface area contributed by atoms with Gasteiger partial charge < -0.3 is 10.1 Å². The second-order valence-electron chi connectivity index (χ2n) is 4.97. The van der Waals surface area contributed by atoms with Crippen molar-refractivity contribution in [1.82, 2.24) is 5.32 Å². The number of hydrogen-bond acceptors (Lipinski definition) is 2. The molecule has 1 heterocycles. The standard InChI is InChI=1S/C12H20BrNO2/c13-9-12(6-2-3-7-12)14-11(15)10-5-1-4-8-16-10/h10H,1-9H2,(H,14,15). The highest BCUT2D eigenvalue weighted by molar-refractivity contribution is 9.09. The molecular weight excluding hydrogens is 270 g/mol. The van der Waals surface area contributed by atoms with E-state index in [1.54, 1.807) is 0 Å². The first kappa shape index (κ1) is 12.4. The highest BCUT2D eigenvalue weighted by atomic mass is 79.9. The van der Waals surface area contributed by atoms with Gasteiger partial charge in [-0.15, -0.1) is 0 Å². The van der Waals surface area contributed by atoms with Gasteiger partial charge in [0, 0.05) is 17.5 Å². The SMILES string of the molecule is O=C(NC1(CBr)CCCC1)C1CCCCO1. The first-order chi connectivity index (χ1) is 7.76. The Labute approximate surface area is 105 Å². The molecule has 2 aliphatic rings. The average Bonchev–Trinajstić information content (AvgIpc) is 2.79. The smallest absolute Gasteiger partial charge is 0.249 e. The first-order valence-electron chi connectivity index (χ1n) is 6.25. The van der Waals surface area contributed by atoms with Gasteiger partial charge in [0.2, 0.25) is 5.91 Å². The van der Waals surface area contributed by atoms with E-state index in [0.717, 1.165) is 44.0 Å². The van der Waals surface area contributed by atoms with Crippen molar-refractivity contribution in [3.8, 4) is 0 Å². The Bertz CT molecular complexity index is 245. The lowest BCUT2D eigenvalue weighted by Gasteiger charge is -2.31. The Kier molecular flexibility index (Phi) is 4.25. The molecule has 1 saturated carbocycles. The van der Waals surface area contributed by atoms with Gasteiger partial charge in [0.15, 0.2) is 0 Å². The summed E-state index contributed by atoms with van der Waals surface area (Å²) in [5.41, 5.74) is -0.00209. The molecule has 1 aliphatic carbocycles. The van der Waals surface area contributed by atoms with Gasteiger partial charge in [-0.25, -0.2) is 0 Å².